The van der Waals surface area contributed by atoms with Crippen molar-refractivity contribution < 1.29 is 13.2 Å². The van der Waals surface area contributed by atoms with Crippen LogP contribution in [-0.4, -0.2) is 37.4 Å². The molecular formula is C10H14ClN3O3S. The summed E-state index contributed by atoms with van der Waals surface area (Å²) in [4.78, 5) is 15.6. The molecule has 6 nitrogen and oxygen atoms in total. The SMILES string of the molecule is CC(CS(C)(=O)=O)NC(=O)c1cc(N)ncc1Cl. The normalized spacial score (nSPS) is 13.1. The van der Waals surface area contributed by atoms with Crippen LogP contribution in [0.25, 0.3) is 0 Å². The van der Waals surface area contributed by atoms with Crippen LogP contribution in [-0.2, 0) is 9.84 Å². The number of hydrogen-bond donors (Lipinski definition) is 2. The second-order valence-corrected chi connectivity index (χ2v) is 6.65. The number of hydrogen-bond acceptors (Lipinski definition) is 5. The van der Waals surface area contributed by atoms with Gasteiger partial charge in [0.15, 0.2) is 0 Å². The summed E-state index contributed by atoms with van der Waals surface area (Å²) in [6, 6.07) is 0.822. The second kappa shape index (κ2) is 5.53. The van der Waals surface area contributed by atoms with Crippen molar-refractivity contribution in [3.63, 3.8) is 0 Å². The van der Waals surface area contributed by atoms with Gasteiger partial charge in [0.25, 0.3) is 5.91 Å². The van der Waals surface area contributed by atoms with E-state index in [-0.39, 0.29) is 22.2 Å². The molecule has 0 spiro atoms. The van der Waals surface area contributed by atoms with Crippen molar-refractivity contribution >= 4 is 33.2 Å². The number of nitrogen functional groups attached to an aromatic ring is 1. The summed E-state index contributed by atoms with van der Waals surface area (Å²) in [6.07, 6.45) is 2.38. The lowest BCUT2D eigenvalue weighted by atomic mass is 10.2. The fourth-order valence-corrected chi connectivity index (χ4v) is 2.61. The minimum Gasteiger partial charge on any atom is -0.384 e. The van der Waals surface area contributed by atoms with Crippen molar-refractivity contribution in [2.45, 2.75) is 13.0 Å². The Labute approximate surface area is 110 Å². The number of sulfone groups is 1. The molecule has 3 N–H and O–H groups in total. The molecule has 1 amide bonds. The zero-order valence-electron chi connectivity index (χ0n) is 9.97. The first-order valence-electron chi connectivity index (χ1n) is 5.08. The molecule has 0 aliphatic carbocycles. The molecular weight excluding hydrogens is 278 g/mol. The molecule has 1 rings (SSSR count). The highest BCUT2D eigenvalue weighted by molar-refractivity contribution is 7.90. The van der Waals surface area contributed by atoms with Crippen LogP contribution in [0.1, 0.15) is 17.3 Å². The highest BCUT2D eigenvalue weighted by Gasteiger charge is 2.16. The van der Waals surface area contributed by atoms with Crippen molar-refractivity contribution in [1.82, 2.24) is 10.3 Å². The Hall–Kier alpha value is -1.34. The van der Waals surface area contributed by atoms with Crippen molar-refractivity contribution in [3.05, 3.63) is 22.8 Å². The number of pyridine rings is 1. The highest BCUT2D eigenvalue weighted by atomic mass is 35.5. The maximum absolute atomic E-state index is 11.8. The minimum absolute atomic E-state index is 0.142. The van der Waals surface area contributed by atoms with E-state index in [0.29, 0.717) is 0 Å². The van der Waals surface area contributed by atoms with Gasteiger partial charge in [-0.05, 0) is 13.0 Å². The third kappa shape index (κ3) is 4.50. The molecule has 0 aromatic carbocycles. The number of aromatic nitrogens is 1. The number of carbonyl (C=O) groups excluding carboxylic acids is 1. The third-order valence-corrected chi connectivity index (χ3v) is 3.46. The van der Waals surface area contributed by atoms with Crippen LogP contribution in [0.5, 0.6) is 0 Å². The fourth-order valence-electron chi connectivity index (χ4n) is 1.43. The van der Waals surface area contributed by atoms with E-state index in [1.807, 2.05) is 0 Å². The summed E-state index contributed by atoms with van der Waals surface area (Å²) in [5.74, 6) is -0.456. The van der Waals surface area contributed by atoms with Gasteiger partial charge in [-0.3, -0.25) is 4.79 Å². The molecule has 1 aromatic rings. The highest BCUT2D eigenvalue weighted by Crippen LogP contribution is 2.16. The topological polar surface area (TPSA) is 102 Å². The van der Waals surface area contributed by atoms with E-state index in [1.165, 1.54) is 12.3 Å². The average Bonchev–Trinajstić information content (AvgIpc) is 2.18. The van der Waals surface area contributed by atoms with Gasteiger partial charge in [-0.15, -0.1) is 0 Å². The number of amides is 1. The number of nitrogens with zero attached hydrogens (tertiary/aromatic N) is 1. The summed E-state index contributed by atoms with van der Waals surface area (Å²) < 4.78 is 22.1. The molecule has 8 heteroatoms. The van der Waals surface area contributed by atoms with Crippen LogP contribution < -0.4 is 11.1 Å². The van der Waals surface area contributed by atoms with Gasteiger partial charge in [0.2, 0.25) is 0 Å². The van der Waals surface area contributed by atoms with E-state index >= 15 is 0 Å². The van der Waals surface area contributed by atoms with Crippen molar-refractivity contribution in [2.75, 3.05) is 17.7 Å². The summed E-state index contributed by atoms with van der Waals surface area (Å²) in [6.45, 7) is 1.59. The molecule has 1 unspecified atom stereocenters. The lowest BCUT2D eigenvalue weighted by Gasteiger charge is -2.13. The summed E-state index contributed by atoms with van der Waals surface area (Å²) in [5, 5.41) is 2.70. The van der Waals surface area contributed by atoms with Crippen LogP contribution in [0.15, 0.2) is 12.3 Å². The lowest BCUT2D eigenvalue weighted by Crippen LogP contribution is -2.37. The number of halogens is 1. The zero-order valence-corrected chi connectivity index (χ0v) is 11.5. The smallest absolute Gasteiger partial charge is 0.253 e. The molecule has 100 valence electrons. The fraction of sp³-hybridized carbons (Fsp3) is 0.400. The largest absolute Gasteiger partial charge is 0.384 e. The maximum atomic E-state index is 11.8. The molecule has 1 atom stereocenters. The van der Waals surface area contributed by atoms with E-state index in [1.54, 1.807) is 6.92 Å². The van der Waals surface area contributed by atoms with Crippen LogP contribution in [0.4, 0.5) is 5.82 Å². The van der Waals surface area contributed by atoms with Gasteiger partial charge in [0, 0.05) is 18.5 Å². The van der Waals surface area contributed by atoms with Gasteiger partial charge in [-0.1, -0.05) is 11.6 Å². The third-order valence-electron chi connectivity index (χ3n) is 2.05. The Morgan fingerprint density at radius 3 is 2.78 bits per heavy atom. The first-order valence-corrected chi connectivity index (χ1v) is 7.52. The molecule has 0 saturated heterocycles. The standard InChI is InChI=1S/C10H14ClN3O3S/c1-6(5-18(2,16)17)14-10(15)7-3-9(12)13-4-8(7)11/h3-4,6H,5H2,1-2H3,(H2,12,13)(H,14,15). The van der Waals surface area contributed by atoms with Crippen molar-refractivity contribution in [2.24, 2.45) is 0 Å². The van der Waals surface area contributed by atoms with E-state index in [2.05, 4.69) is 10.3 Å². The van der Waals surface area contributed by atoms with Gasteiger partial charge < -0.3 is 11.1 Å². The maximum Gasteiger partial charge on any atom is 0.253 e. The van der Waals surface area contributed by atoms with Gasteiger partial charge in [0.1, 0.15) is 15.7 Å². The Morgan fingerprint density at radius 2 is 2.22 bits per heavy atom. The monoisotopic (exact) mass is 291 g/mol. The predicted molar refractivity (Wildman–Crippen MR) is 70.3 cm³/mol. The first-order chi connectivity index (χ1) is 8.19. The van der Waals surface area contributed by atoms with Gasteiger partial charge in [-0.2, -0.15) is 0 Å². The van der Waals surface area contributed by atoms with Gasteiger partial charge in [-0.25, -0.2) is 13.4 Å². The molecule has 0 radical (unpaired) electrons. The van der Waals surface area contributed by atoms with E-state index in [4.69, 9.17) is 17.3 Å². The average molecular weight is 292 g/mol. The summed E-state index contributed by atoms with van der Waals surface area (Å²) in [5.41, 5.74) is 5.62. The Bertz CT molecular complexity index is 559. The number of nitrogens with one attached hydrogen (secondary N) is 1. The minimum atomic E-state index is -3.15. The number of carbonyl (C=O) groups is 1. The van der Waals surface area contributed by atoms with Crippen molar-refractivity contribution in [3.8, 4) is 0 Å². The zero-order chi connectivity index (χ0) is 13.9. The van der Waals surface area contributed by atoms with Crippen molar-refractivity contribution in [1.29, 1.82) is 0 Å². The molecule has 0 aliphatic rings. The van der Waals surface area contributed by atoms with Gasteiger partial charge >= 0.3 is 0 Å². The predicted octanol–water partition coefficient (Wildman–Crippen LogP) is 0.480. The lowest BCUT2D eigenvalue weighted by molar-refractivity contribution is 0.0943. The van der Waals surface area contributed by atoms with E-state index in [0.717, 1.165) is 6.26 Å². The quantitative estimate of drug-likeness (QED) is 0.840. The van der Waals surface area contributed by atoms with Crippen LogP contribution in [0.3, 0.4) is 0 Å². The Kier molecular flexibility index (Phi) is 4.53. The van der Waals surface area contributed by atoms with Crippen LogP contribution in [0.2, 0.25) is 5.02 Å². The summed E-state index contributed by atoms with van der Waals surface area (Å²) in [7, 11) is -3.15. The molecule has 1 aromatic heterocycles. The molecule has 18 heavy (non-hydrogen) atoms. The second-order valence-electron chi connectivity index (χ2n) is 4.06. The number of anilines is 1. The van der Waals surface area contributed by atoms with Gasteiger partial charge in [0.05, 0.1) is 16.3 Å². The molecule has 0 aliphatic heterocycles. The molecule has 0 bridgehead atoms. The van der Waals surface area contributed by atoms with E-state index < -0.39 is 21.8 Å². The molecule has 0 fully saturated rings. The Morgan fingerprint density at radius 1 is 1.61 bits per heavy atom. The summed E-state index contributed by atoms with van der Waals surface area (Å²) >= 11 is 5.81. The van der Waals surface area contributed by atoms with Crippen LogP contribution >= 0.6 is 11.6 Å². The van der Waals surface area contributed by atoms with E-state index in [9.17, 15) is 13.2 Å². The first kappa shape index (κ1) is 14.7. The number of rotatable bonds is 4. The van der Waals surface area contributed by atoms with Crippen LogP contribution in [0, 0.1) is 0 Å². The Balaban J connectivity index is 2.80. The molecule has 0 saturated carbocycles. The molecule has 1 heterocycles. The number of nitrogens with two attached hydrogens (primary N) is 1.